The first-order valence-corrected chi connectivity index (χ1v) is 2.07. The van der Waals surface area contributed by atoms with Gasteiger partial charge in [0.1, 0.15) is 0 Å². The summed E-state index contributed by atoms with van der Waals surface area (Å²) in [6, 6.07) is 0. The van der Waals surface area contributed by atoms with Crippen molar-refractivity contribution in [3.05, 3.63) is 0 Å². The van der Waals surface area contributed by atoms with E-state index in [2.05, 4.69) is 6.79 Å². The number of rotatable bonds is 0. The molecule has 0 aliphatic rings. The average molecular weight is 109 g/mol. The van der Waals surface area contributed by atoms with Crippen molar-refractivity contribution in [1.82, 2.24) is 0 Å². The predicted octanol–water partition coefficient (Wildman–Crippen LogP) is 0.0215. The molecule has 0 fully saturated rings. The van der Waals surface area contributed by atoms with Crippen LogP contribution in [0, 0.1) is 4.10 Å². The standard InChI is InChI=1S/CHO.HN.Zn/c1-2;;/h1H;1H;/q-1;;. The van der Waals surface area contributed by atoms with Crippen LogP contribution in [0.2, 0.25) is 0 Å². The third-order valence-electron chi connectivity index (χ3n) is 0. The van der Waals surface area contributed by atoms with Gasteiger partial charge in [-0.2, -0.15) is 0 Å². The molecule has 0 aliphatic carbocycles. The van der Waals surface area contributed by atoms with Gasteiger partial charge in [-0.15, -0.1) is 0 Å². The fraction of sp³-hybridized carbons (Fsp3) is 0. The monoisotopic (exact) mass is 108 g/mol. The molecule has 0 bridgehead atoms. The molecule has 0 radical (unpaired) electrons. The molecule has 0 rings (SSSR count). The van der Waals surface area contributed by atoms with Gasteiger partial charge >= 0.3 is 22.2 Å². The summed E-state index contributed by atoms with van der Waals surface area (Å²) in [5.74, 6) is 0. The molecule has 3 heteroatoms. The fourth-order valence-electron chi connectivity index (χ4n) is 0. The van der Waals surface area contributed by atoms with Gasteiger partial charge in [0.05, 0.1) is 0 Å². The van der Waals surface area contributed by atoms with E-state index in [-0.39, 0.29) is 0 Å². The quantitative estimate of drug-likeness (QED) is 0.266. The molecule has 0 atom stereocenters. The van der Waals surface area contributed by atoms with E-state index in [0.29, 0.717) is 18.1 Å². The summed E-state index contributed by atoms with van der Waals surface area (Å²) in [6.45, 7) is 3.25. The van der Waals surface area contributed by atoms with Gasteiger partial charge in [0, 0.05) is 0 Å². The Labute approximate surface area is 34.5 Å². The Morgan fingerprint density at radius 1 is 1.50 bits per heavy atom. The van der Waals surface area contributed by atoms with Crippen LogP contribution in [0.1, 0.15) is 0 Å². The van der Waals surface area contributed by atoms with Gasteiger partial charge in [0.25, 0.3) is 0 Å². The van der Waals surface area contributed by atoms with Crippen molar-refractivity contribution in [2.45, 2.75) is 0 Å². The number of carbonyl (C=O) groups excluding carboxylic acids is 1. The van der Waals surface area contributed by atoms with Crippen LogP contribution in [0.4, 0.5) is 0 Å². The van der Waals surface area contributed by atoms with Gasteiger partial charge in [0.15, 0.2) is 0 Å². The Morgan fingerprint density at radius 3 is 1.50 bits per heavy atom. The molecule has 4 heavy (non-hydrogen) atoms. The zero-order valence-electron chi connectivity index (χ0n) is 2.19. The summed E-state index contributed by atoms with van der Waals surface area (Å²) in [6.07, 6.45) is 0. The molecule has 0 unspecified atom stereocenters. The number of hydrogen-bond acceptors (Lipinski definition) is 2. The second kappa shape index (κ2) is 1550. The van der Waals surface area contributed by atoms with Gasteiger partial charge in [-0.3, -0.25) is 6.79 Å². The fourth-order valence-corrected chi connectivity index (χ4v) is 0. The van der Waals surface area contributed by atoms with E-state index in [4.69, 9.17) is 8.89 Å². The Hall–Kier alpha value is 0.0934. The van der Waals surface area contributed by atoms with Gasteiger partial charge in [-0.1, -0.05) is 0 Å². The van der Waals surface area contributed by atoms with Crippen molar-refractivity contribution >= 4 is 6.79 Å². The van der Waals surface area contributed by atoms with Crippen molar-refractivity contribution in [2.24, 2.45) is 0 Å². The van der Waals surface area contributed by atoms with Crippen molar-refractivity contribution in [1.29, 1.82) is 4.10 Å². The molecule has 0 saturated heterocycles. The molecule has 0 aromatic rings. The molecule has 0 saturated carbocycles. The van der Waals surface area contributed by atoms with E-state index in [1.807, 2.05) is 0 Å². The molecule has 0 amide bonds. The summed E-state index contributed by atoms with van der Waals surface area (Å²) in [4.78, 5) is 7.75. The SMILES string of the molecule is [CH-]=O.[NH]=[Zn]. The minimum atomic E-state index is 0.625. The second-order valence-electron chi connectivity index (χ2n) is 0. The van der Waals surface area contributed by atoms with Crippen molar-refractivity contribution in [3.63, 3.8) is 0 Å². The van der Waals surface area contributed by atoms with Crippen LogP contribution in [0.5, 0.6) is 0 Å². The van der Waals surface area contributed by atoms with Crippen LogP contribution < -0.4 is 0 Å². The molecule has 0 aliphatic heterocycles. The van der Waals surface area contributed by atoms with Crippen LogP contribution in [0.3, 0.4) is 0 Å². The topological polar surface area (TPSA) is 40.9 Å². The Morgan fingerprint density at radius 2 is 1.50 bits per heavy atom. The van der Waals surface area contributed by atoms with E-state index in [1.54, 1.807) is 0 Å². The molecule has 1 N–H and O–H groups in total. The molecule has 0 spiro atoms. The normalized spacial score (nSPS) is 2.50. The third-order valence-corrected chi connectivity index (χ3v) is 0. The van der Waals surface area contributed by atoms with Gasteiger partial charge < -0.3 is 4.79 Å². The van der Waals surface area contributed by atoms with Crippen molar-refractivity contribution in [3.8, 4) is 0 Å². The first-order valence-electron chi connectivity index (χ1n) is 0.589. The molecular weight excluding hydrogens is 107 g/mol. The second-order valence-corrected chi connectivity index (χ2v) is 0. The van der Waals surface area contributed by atoms with Gasteiger partial charge in [0.2, 0.25) is 0 Å². The zero-order valence-corrected chi connectivity index (χ0v) is 5.16. The molecule has 0 aromatic heterocycles. The predicted molar refractivity (Wildman–Crippen MR) is 9.47 cm³/mol. The Bertz CT molecular complexity index is 10.0. The first kappa shape index (κ1) is 8.94. The van der Waals surface area contributed by atoms with E-state index < -0.39 is 0 Å². The van der Waals surface area contributed by atoms with E-state index in [0.717, 1.165) is 0 Å². The minimum absolute atomic E-state index is 0.625. The van der Waals surface area contributed by atoms with Crippen LogP contribution in [-0.2, 0) is 22.9 Å². The summed E-state index contributed by atoms with van der Waals surface area (Å²) < 4.78 is 5.88. The Balaban J connectivity index is 0. The molecular formula is CH2NOZn-. The number of nitrogens with one attached hydrogen (secondary N) is 1. The molecule has 20 valence electrons. The maximum absolute atomic E-state index is 7.75. The van der Waals surface area contributed by atoms with Gasteiger partial charge in [-0.25, -0.2) is 0 Å². The first-order chi connectivity index (χ1) is 2.00. The summed E-state index contributed by atoms with van der Waals surface area (Å²) in [5.41, 5.74) is 0. The van der Waals surface area contributed by atoms with Crippen LogP contribution in [0.15, 0.2) is 0 Å². The number of hydrogen-bond donors (Lipinski definition) is 1. The summed E-state index contributed by atoms with van der Waals surface area (Å²) in [5, 5.41) is 0. The molecule has 2 nitrogen and oxygen atoms in total. The molecule has 0 aromatic carbocycles. The summed E-state index contributed by atoms with van der Waals surface area (Å²) >= 11 is 0.625. The van der Waals surface area contributed by atoms with Crippen molar-refractivity contribution in [2.75, 3.05) is 0 Å². The van der Waals surface area contributed by atoms with Crippen LogP contribution >= 0.6 is 0 Å². The van der Waals surface area contributed by atoms with E-state index in [9.17, 15) is 0 Å². The summed E-state index contributed by atoms with van der Waals surface area (Å²) in [7, 11) is 0. The third kappa shape index (κ3) is 287. The Kier molecular flexibility index (Phi) is 3470. The zero-order chi connectivity index (χ0) is 4.00. The van der Waals surface area contributed by atoms with E-state index in [1.165, 1.54) is 0 Å². The maximum atomic E-state index is 7.75. The average Bonchev–Trinajstić information content (AvgIpc) is 1.50. The molecule has 0 heterocycles. The van der Waals surface area contributed by atoms with Crippen LogP contribution in [-0.4, -0.2) is 6.79 Å². The van der Waals surface area contributed by atoms with Gasteiger partial charge in [-0.05, 0) is 0 Å². The van der Waals surface area contributed by atoms with E-state index >= 15 is 0 Å². The van der Waals surface area contributed by atoms with Crippen LogP contribution in [0.25, 0.3) is 0 Å². The van der Waals surface area contributed by atoms with Crippen molar-refractivity contribution < 1.29 is 22.9 Å².